The summed E-state index contributed by atoms with van der Waals surface area (Å²) in [5, 5.41) is 3.57. The van der Waals surface area contributed by atoms with E-state index in [9.17, 15) is 18.0 Å². The van der Waals surface area contributed by atoms with Crippen LogP contribution in [0, 0.1) is 6.92 Å². The summed E-state index contributed by atoms with van der Waals surface area (Å²) in [6, 6.07) is 19.5. The first-order valence-corrected chi connectivity index (χ1v) is 16.0. The number of ether oxygens (including phenoxy) is 1. The number of benzene rings is 3. The van der Waals surface area contributed by atoms with Crippen molar-refractivity contribution in [2.75, 3.05) is 18.0 Å². The Kier molecular flexibility index (Phi) is 10.5. The fraction of sp³-hybridized carbons (Fsp3) is 0.375. The molecule has 224 valence electrons. The van der Waals surface area contributed by atoms with Crippen LogP contribution >= 0.6 is 11.6 Å². The number of nitrogens with one attached hydrogen (secondary N) is 1. The first-order chi connectivity index (χ1) is 20.1. The molecule has 1 aliphatic rings. The number of amides is 2. The van der Waals surface area contributed by atoms with Crippen molar-refractivity contribution in [3.63, 3.8) is 0 Å². The van der Waals surface area contributed by atoms with Gasteiger partial charge >= 0.3 is 0 Å². The van der Waals surface area contributed by atoms with Gasteiger partial charge in [0.25, 0.3) is 10.0 Å². The molecule has 0 aromatic heterocycles. The van der Waals surface area contributed by atoms with Gasteiger partial charge in [-0.3, -0.25) is 13.9 Å². The highest BCUT2D eigenvalue weighted by Crippen LogP contribution is 2.34. The Balaban J connectivity index is 1.77. The van der Waals surface area contributed by atoms with E-state index in [1.165, 1.54) is 24.1 Å². The molecule has 42 heavy (non-hydrogen) atoms. The maximum atomic E-state index is 14.3. The van der Waals surface area contributed by atoms with Crippen LogP contribution in [0.1, 0.15) is 50.2 Å². The third-order valence-corrected chi connectivity index (χ3v) is 9.74. The maximum absolute atomic E-state index is 14.3. The number of hydrogen-bond acceptors (Lipinski definition) is 5. The Labute approximate surface area is 253 Å². The van der Waals surface area contributed by atoms with Crippen LogP contribution in [-0.2, 0) is 26.2 Å². The number of anilines is 1. The normalized spacial score (nSPS) is 14.3. The van der Waals surface area contributed by atoms with Crippen molar-refractivity contribution in [2.45, 2.75) is 69.5 Å². The van der Waals surface area contributed by atoms with E-state index in [1.807, 2.05) is 26.0 Å². The third kappa shape index (κ3) is 7.25. The summed E-state index contributed by atoms with van der Waals surface area (Å²) in [5.74, 6) is -0.488. The third-order valence-electron chi connectivity index (χ3n) is 7.60. The monoisotopic (exact) mass is 611 g/mol. The summed E-state index contributed by atoms with van der Waals surface area (Å²) in [4.78, 5) is 29.4. The summed E-state index contributed by atoms with van der Waals surface area (Å²) in [6.07, 6.45) is 4.24. The highest BCUT2D eigenvalue weighted by molar-refractivity contribution is 7.92. The van der Waals surface area contributed by atoms with Gasteiger partial charge < -0.3 is 15.0 Å². The summed E-state index contributed by atoms with van der Waals surface area (Å²) >= 11 is 6.49. The summed E-state index contributed by atoms with van der Waals surface area (Å²) in [6.45, 7) is 3.17. The van der Waals surface area contributed by atoms with Crippen LogP contribution in [0.2, 0.25) is 5.02 Å². The zero-order valence-electron chi connectivity index (χ0n) is 24.3. The molecule has 8 nitrogen and oxygen atoms in total. The highest BCUT2D eigenvalue weighted by atomic mass is 35.5. The summed E-state index contributed by atoms with van der Waals surface area (Å²) in [7, 11) is -2.75. The maximum Gasteiger partial charge on any atom is 0.264 e. The number of carbonyl (C=O) groups is 2. The van der Waals surface area contributed by atoms with Crippen LogP contribution in [0.25, 0.3) is 0 Å². The van der Waals surface area contributed by atoms with Gasteiger partial charge in [-0.25, -0.2) is 8.42 Å². The lowest BCUT2D eigenvalue weighted by Crippen LogP contribution is -2.53. The molecule has 1 saturated carbocycles. The molecular formula is C32H38ClN3O5S. The molecule has 3 aromatic carbocycles. The lowest BCUT2D eigenvalue weighted by molar-refractivity contribution is -0.140. The van der Waals surface area contributed by atoms with Gasteiger partial charge in [0.05, 0.1) is 17.7 Å². The molecule has 0 bridgehead atoms. The number of rotatable bonds is 12. The molecule has 1 atom stereocenters. The number of carbonyl (C=O) groups excluding carboxylic acids is 2. The fourth-order valence-corrected chi connectivity index (χ4v) is 6.96. The Bertz CT molecular complexity index is 1490. The molecule has 1 aliphatic carbocycles. The fourth-order valence-electron chi connectivity index (χ4n) is 5.33. The Morgan fingerprint density at radius 2 is 1.69 bits per heavy atom. The molecule has 0 unspecified atom stereocenters. The van der Waals surface area contributed by atoms with E-state index in [2.05, 4.69) is 5.32 Å². The van der Waals surface area contributed by atoms with Crippen molar-refractivity contribution in [1.82, 2.24) is 10.2 Å². The number of aryl methyl sites for hydroxylation is 1. The average Bonchev–Trinajstić information content (AvgIpc) is 3.50. The van der Waals surface area contributed by atoms with Gasteiger partial charge in [-0.15, -0.1) is 0 Å². The number of halogens is 1. The van der Waals surface area contributed by atoms with Crippen LogP contribution in [0.15, 0.2) is 77.7 Å². The van der Waals surface area contributed by atoms with Crippen molar-refractivity contribution < 1.29 is 22.7 Å². The van der Waals surface area contributed by atoms with Crippen LogP contribution in [0.3, 0.4) is 0 Å². The van der Waals surface area contributed by atoms with Gasteiger partial charge in [0.15, 0.2) is 0 Å². The quantitative estimate of drug-likeness (QED) is 0.283. The number of hydrogen-bond donors (Lipinski definition) is 1. The van der Waals surface area contributed by atoms with E-state index in [1.54, 1.807) is 48.5 Å². The molecule has 1 fully saturated rings. The van der Waals surface area contributed by atoms with Crippen LogP contribution in [0.4, 0.5) is 5.69 Å². The van der Waals surface area contributed by atoms with Crippen LogP contribution < -0.4 is 14.4 Å². The predicted octanol–water partition coefficient (Wildman–Crippen LogP) is 5.72. The van der Waals surface area contributed by atoms with Crippen molar-refractivity contribution in [3.05, 3.63) is 88.9 Å². The van der Waals surface area contributed by atoms with Crippen molar-refractivity contribution >= 4 is 39.1 Å². The number of sulfonamides is 1. The molecule has 3 aromatic rings. The van der Waals surface area contributed by atoms with Gasteiger partial charge in [0.1, 0.15) is 18.3 Å². The van der Waals surface area contributed by atoms with Gasteiger partial charge in [-0.2, -0.15) is 0 Å². The van der Waals surface area contributed by atoms with Crippen molar-refractivity contribution in [1.29, 1.82) is 0 Å². The smallest absolute Gasteiger partial charge is 0.264 e. The number of nitrogens with zero attached hydrogens (tertiary/aromatic N) is 2. The molecule has 10 heteroatoms. The summed E-state index contributed by atoms with van der Waals surface area (Å²) < 4.78 is 34.8. The zero-order chi connectivity index (χ0) is 30.3. The lowest BCUT2D eigenvalue weighted by atomic mass is 10.1. The molecular weight excluding hydrogens is 574 g/mol. The zero-order valence-corrected chi connectivity index (χ0v) is 25.8. The second-order valence-corrected chi connectivity index (χ2v) is 12.8. The van der Waals surface area contributed by atoms with E-state index in [4.69, 9.17) is 16.3 Å². The van der Waals surface area contributed by atoms with Gasteiger partial charge in [0.2, 0.25) is 11.8 Å². The molecule has 0 aliphatic heterocycles. The van der Waals surface area contributed by atoms with E-state index in [-0.39, 0.29) is 29.1 Å². The minimum atomic E-state index is -4.21. The standard InChI is InChI=1S/C32H38ClN3O5S/c1-4-28(32(38)34-25-13-9-10-14-25)35(21-24-12-8-11-17-27(24)33)31(37)22-36(29-20-23(2)18-19-30(29)41-3)42(39,40)26-15-6-5-7-16-26/h5-8,11-12,15-20,25,28H,4,9-10,13-14,21-22H2,1-3H3,(H,34,38)/t28-/m1/s1. The van der Waals surface area contributed by atoms with Crippen LogP contribution in [0.5, 0.6) is 5.75 Å². The van der Waals surface area contributed by atoms with Crippen LogP contribution in [-0.4, -0.2) is 50.9 Å². The van der Waals surface area contributed by atoms with E-state index >= 15 is 0 Å². The largest absolute Gasteiger partial charge is 0.495 e. The molecule has 0 radical (unpaired) electrons. The first-order valence-electron chi connectivity index (χ1n) is 14.2. The van der Waals surface area contributed by atoms with E-state index < -0.39 is 28.5 Å². The molecule has 2 amide bonds. The Morgan fingerprint density at radius 1 is 1.02 bits per heavy atom. The average molecular weight is 612 g/mol. The molecule has 0 spiro atoms. The van der Waals surface area contributed by atoms with E-state index in [0.717, 1.165) is 35.6 Å². The second kappa shape index (κ2) is 14.1. The molecule has 0 saturated heterocycles. The number of methoxy groups -OCH3 is 1. The van der Waals surface area contributed by atoms with Crippen molar-refractivity contribution in [3.8, 4) is 5.75 Å². The SMILES string of the molecule is CC[C@H](C(=O)NC1CCCC1)N(Cc1ccccc1Cl)C(=O)CN(c1cc(C)ccc1OC)S(=O)(=O)c1ccccc1. The molecule has 4 rings (SSSR count). The van der Waals surface area contributed by atoms with Gasteiger partial charge in [-0.05, 0) is 67.6 Å². The highest BCUT2D eigenvalue weighted by Gasteiger charge is 2.35. The Hall–Kier alpha value is -3.56. The van der Waals surface area contributed by atoms with Gasteiger partial charge in [0, 0.05) is 17.6 Å². The summed E-state index contributed by atoms with van der Waals surface area (Å²) in [5.41, 5.74) is 1.68. The minimum Gasteiger partial charge on any atom is -0.495 e. The first kappa shape index (κ1) is 31.4. The Morgan fingerprint density at radius 3 is 2.33 bits per heavy atom. The predicted molar refractivity (Wildman–Crippen MR) is 165 cm³/mol. The second-order valence-electron chi connectivity index (χ2n) is 10.5. The lowest BCUT2D eigenvalue weighted by Gasteiger charge is -2.34. The van der Waals surface area contributed by atoms with Crippen molar-refractivity contribution in [2.24, 2.45) is 0 Å². The topological polar surface area (TPSA) is 96.0 Å². The molecule has 1 N–H and O–H groups in total. The van der Waals surface area contributed by atoms with E-state index in [0.29, 0.717) is 22.8 Å². The molecule has 0 heterocycles. The van der Waals surface area contributed by atoms with Gasteiger partial charge in [-0.1, -0.05) is 73.8 Å². The minimum absolute atomic E-state index is 0.0324.